The summed E-state index contributed by atoms with van der Waals surface area (Å²) in [6.45, 7) is 8.35. The molecule has 24 heavy (non-hydrogen) atoms. The van der Waals surface area contributed by atoms with Crippen molar-refractivity contribution in [2.45, 2.75) is 52.5 Å². The molecule has 0 spiro atoms. The number of benzene rings is 1. The number of hydrogen-bond acceptors (Lipinski definition) is 5. The van der Waals surface area contributed by atoms with Crippen LogP contribution in [-0.2, 0) is 0 Å². The number of ether oxygens (including phenoxy) is 1. The van der Waals surface area contributed by atoms with E-state index >= 15 is 0 Å². The lowest BCUT2D eigenvalue weighted by Crippen LogP contribution is -2.24. The van der Waals surface area contributed by atoms with Gasteiger partial charge in [-0.05, 0) is 63.8 Å². The Morgan fingerprint density at radius 3 is 2.71 bits per heavy atom. The highest BCUT2D eigenvalue weighted by atomic mass is 32.1. The van der Waals surface area contributed by atoms with E-state index in [2.05, 4.69) is 39.2 Å². The van der Waals surface area contributed by atoms with Crippen molar-refractivity contribution in [1.29, 1.82) is 0 Å². The van der Waals surface area contributed by atoms with Crippen molar-refractivity contribution in [3.8, 4) is 10.9 Å². The maximum absolute atomic E-state index is 5.95. The van der Waals surface area contributed by atoms with Gasteiger partial charge in [-0.2, -0.15) is 9.36 Å². The van der Waals surface area contributed by atoms with E-state index in [1.165, 1.54) is 24.4 Å². The first-order valence-corrected chi connectivity index (χ1v) is 9.10. The largest absolute Gasteiger partial charge is 0.430 e. The second kappa shape index (κ2) is 6.89. The standard InChI is InChI=1S/C18H24N4OS/c1-11(2)22(5)10-19-15-8-13(4)16(9-12(15)3)23-18-20-17(21-24-18)14-6-7-14/h8-11,14H,6-7H2,1-5H3/b19-10-. The van der Waals surface area contributed by atoms with Crippen molar-refractivity contribution in [3.63, 3.8) is 0 Å². The molecule has 1 aromatic heterocycles. The number of hydrogen-bond donors (Lipinski definition) is 0. The molecule has 1 fully saturated rings. The Hall–Kier alpha value is -1.95. The number of aryl methyl sites for hydroxylation is 2. The lowest BCUT2D eigenvalue weighted by atomic mass is 10.1. The lowest BCUT2D eigenvalue weighted by Gasteiger charge is -2.17. The summed E-state index contributed by atoms with van der Waals surface area (Å²) in [6.07, 6.45) is 4.28. The van der Waals surface area contributed by atoms with Gasteiger partial charge in [0.1, 0.15) is 11.6 Å². The summed E-state index contributed by atoms with van der Waals surface area (Å²) >= 11 is 1.33. The maximum Gasteiger partial charge on any atom is 0.298 e. The average molecular weight is 344 g/mol. The topological polar surface area (TPSA) is 50.6 Å². The van der Waals surface area contributed by atoms with E-state index in [1.807, 2.05) is 33.3 Å². The monoisotopic (exact) mass is 344 g/mol. The van der Waals surface area contributed by atoms with E-state index in [0.717, 1.165) is 28.4 Å². The molecule has 1 aliphatic carbocycles. The molecule has 1 aromatic carbocycles. The Morgan fingerprint density at radius 2 is 2.04 bits per heavy atom. The third-order valence-corrected chi connectivity index (χ3v) is 4.86. The number of rotatable bonds is 6. The molecule has 5 nitrogen and oxygen atoms in total. The molecule has 6 heteroatoms. The van der Waals surface area contributed by atoms with Gasteiger partial charge in [0.2, 0.25) is 0 Å². The highest BCUT2D eigenvalue weighted by molar-refractivity contribution is 7.07. The fourth-order valence-electron chi connectivity index (χ4n) is 2.17. The van der Waals surface area contributed by atoms with E-state index in [4.69, 9.17) is 4.74 Å². The third-order valence-electron chi connectivity index (χ3n) is 4.25. The minimum atomic E-state index is 0.427. The fraction of sp³-hybridized carbons (Fsp3) is 0.500. The van der Waals surface area contributed by atoms with Crippen LogP contribution >= 0.6 is 11.5 Å². The zero-order valence-corrected chi connectivity index (χ0v) is 15.7. The van der Waals surface area contributed by atoms with Gasteiger partial charge in [0.15, 0.2) is 0 Å². The van der Waals surface area contributed by atoms with Gasteiger partial charge in [-0.3, -0.25) is 0 Å². The summed E-state index contributed by atoms with van der Waals surface area (Å²) in [5.41, 5.74) is 3.09. The van der Waals surface area contributed by atoms with Gasteiger partial charge in [-0.25, -0.2) is 4.99 Å². The second-order valence-corrected chi connectivity index (χ2v) is 7.42. The molecule has 1 aliphatic rings. The summed E-state index contributed by atoms with van der Waals surface area (Å²) in [5.74, 6) is 2.31. The van der Waals surface area contributed by atoms with Crippen LogP contribution in [0.15, 0.2) is 17.1 Å². The van der Waals surface area contributed by atoms with E-state index in [1.54, 1.807) is 0 Å². The third kappa shape index (κ3) is 3.93. The highest BCUT2D eigenvalue weighted by Crippen LogP contribution is 2.40. The fourth-order valence-corrected chi connectivity index (χ4v) is 2.80. The van der Waals surface area contributed by atoms with Crippen molar-refractivity contribution in [2.24, 2.45) is 4.99 Å². The van der Waals surface area contributed by atoms with Gasteiger partial charge in [0, 0.05) is 30.5 Å². The first kappa shape index (κ1) is 16.9. The van der Waals surface area contributed by atoms with Crippen LogP contribution in [0, 0.1) is 13.8 Å². The van der Waals surface area contributed by atoms with Gasteiger partial charge in [-0.1, -0.05) is 0 Å². The minimum absolute atomic E-state index is 0.427. The Labute approximate surface area is 147 Å². The van der Waals surface area contributed by atoms with Gasteiger partial charge >= 0.3 is 0 Å². The predicted octanol–water partition coefficient (Wildman–Crippen LogP) is 4.82. The minimum Gasteiger partial charge on any atom is -0.430 e. The first-order valence-electron chi connectivity index (χ1n) is 8.33. The number of aliphatic imine (C=N–C) groups is 1. The van der Waals surface area contributed by atoms with Crippen LogP contribution in [0.4, 0.5) is 5.69 Å². The van der Waals surface area contributed by atoms with E-state index in [-0.39, 0.29) is 0 Å². The molecule has 0 radical (unpaired) electrons. The molecule has 3 rings (SSSR count). The summed E-state index contributed by atoms with van der Waals surface area (Å²) < 4.78 is 10.3. The van der Waals surface area contributed by atoms with Crippen LogP contribution in [0.2, 0.25) is 0 Å². The molecule has 0 bridgehead atoms. The van der Waals surface area contributed by atoms with Crippen molar-refractivity contribution < 1.29 is 4.74 Å². The zero-order valence-electron chi connectivity index (χ0n) is 14.9. The Bertz CT molecular complexity index is 749. The van der Waals surface area contributed by atoms with Crippen LogP contribution in [0.3, 0.4) is 0 Å². The number of aromatic nitrogens is 2. The Balaban J connectivity index is 1.76. The Kier molecular flexibility index (Phi) is 4.85. The van der Waals surface area contributed by atoms with Crippen molar-refractivity contribution in [2.75, 3.05) is 7.05 Å². The SMILES string of the molecule is Cc1cc(Oc2nc(C3CC3)ns2)c(C)cc1/N=C\N(C)C(C)C. The van der Waals surface area contributed by atoms with E-state index < -0.39 is 0 Å². The van der Waals surface area contributed by atoms with Gasteiger partial charge < -0.3 is 9.64 Å². The van der Waals surface area contributed by atoms with Crippen LogP contribution < -0.4 is 4.74 Å². The molecule has 0 atom stereocenters. The lowest BCUT2D eigenvalue weighted by molar-refractivity contribution is 0.429. The van der Waals surface area contributed by atoms with Gasteiger partial charge in [-0.15, -0.1) is 0 Å². The summed E-state index contributed by atoms with van der Waals surface area (Å²) in [6, 6.07) is 4.50. The zero-order chi connectivity index (χ0) is 17.3. The first-order chi connectivity index (χ1) is 11.4. The maximum atomic E-state index is 5.95. The molecule has 0 unspecified atom stereocenters. The van der Waals surface area contributed by atoms with Crippen molar-refractivity contribution in [3.05, 3.63) is 29.1 Å². The summed E-state index contributed by atoms with van der Waals surface area (Å²) in [5, 5.41) is 0.621. The number of nitrogens with zero attached hydrogens (tertiary/aromatic N) is 4. The molecule has 0 N–H and O–H groups in total. The summed E-state index contributed by atoms with van der Waals surface area (Å²) in [4.78, 5) is 11.2. The quantitative estimate of drug-likeness (QED) is 0.556. The van der Waals surface area contributed by atoms with Crippen LogP contribution in [-0.4, -0.2) is 33.7 Å². The molecule has 128 valence electrons. The molecule has 1 heterocycles. The van der Waals surface area contributed by atoms with Crippen LogP contribution in [0.5, 0.6) is 10.9 Å². The summed E-state index contributed by atoms with van der Waals surface area (Å²) in [7, 11) is 2.03. The predicted molar refractivity (Wildman–Crippen MR) is 98.9 cm³/mol. The molecular formula is C18H24N4OS. The molecule has 0 saturated heterocycles. The molecule has 0 aliphatic heterocycles. The average Bonchev–Trinajstić information content (AvgIpc) is 3.28. The van der Waals surface area contributed by atoms with Crippen molar-refractivity contribution >= 4 is 23.6 Å². The highest BCUT2D eigenvalue weighted by Gasteiger charge is 2.28. The Morgan fingerprint density at radius 1 is 1.29 bits per heavy atom. The van der Waals surface area contributed by atoms with Crippen LogP contribution in [0.1, 0.15) is 49.6 Å². The smallest absolute Gasteiger partial charge is 0.298 e. The molecule has 2 aromatic rings. The molecule has 1 saturated carbocycles. The van der Waals surface area contributed by atoms with Gasteiger partial charge in [0.05, 0.1) is 12.0 Å². The normalized spacial score (nSPS) is 14.6. The van der Waals surface area contributed by atoms with Crippen molar-refractivity contribution in [1.82, 2.24) is 14.3 Å². The molecule has 0 amide bonds. The van der Waals surface area contributed by atoms with E-state index in [9.17, 15) is 0 Å². The second-order valence-electron chi connectivity index (χ2n) is 6.70. The van der Waals surface area contributed by atoms with Gasteiger partial charge in [0.25, 0.3) is 5.19 Å². The molecular weight excluding hydrogens is 320 g/mol. The van der Waals surface area contributed by atoms with Crippen LogP contribution in [0.25, 0.3) is 0 Å². The van der Waals surface area contributed by atoms with E-state index in [0.29, 0.717) is 17.2 Å².